The van der Waals surface area contributed by atoms with Crippen LogP contribution >= 0.6 is 7.92 Å². The van der Waals surface area contributed by atoms with Gasteiger partial charge in [-0.05, 0) is 25.5 Å². The summed E-state index contributed by atoms with van der Waals surface area (Å²) in [5.74, 6) is -2.01. The lowest BCUT2D eigenvalue weighted by atomic mass is 9.81. The number of hydrogen-bond donors (Lipinski definition) is 2. The number of allylic oxidation sites excluding steroid dienone is 1. The van der Waals surface area contributed by atoms with Gasteiger partial charge in [0.25, 0.3) is 0 Å². The minimum atomic E-state index is -1.18. The van der Waals surface area contributed by atoms with Crippen LogP contribution in [0.5, 0.6) is 0 Å². The van der Waals surface area contributed by atoms with Crippen molar-refractivity contribution < 1.29 is 19.8 Å². The van der Waals surface area contributed by atoms with Crippen molar-refractivity contribution in [2.75, 3.05) is 0 Å². The Morgan fingerprint density at radius 3 is 1.85 bits per heavy atom. The third-order valence-corrected chi connectivity index (χ3v) is 7.57. The van der Waals surface area contributed by atoms with Gasteiger partial charge in [-0.15, -0.1) is 0 Å². The summed E-state index contributed by atoms with van der Waals surface area (Å²) in [5, 5.41) is 21.4. The maximum Gasteiger partial charge on any atom is 0.335 e. The van der Waals surface area contributed by atoms with Gasteiger partial charge in [-0.25, -0.2) is 4.79 Å². The number of carbonyl (C=O) groups is 2. The Morgan fingerprint density at radius 1 is 0.923 bits per heavy atom. The van der Waals surface area contributed by atoms with Gasteiger partial charge in [0.15, 0.2) is 0 Å². The average molecular weight is 366 g/mol. The van der Waals surface area contributed by atoms with E-state index in [-0.39, 0.29) is 5.57 Å². The fourth-order valence-corrected chi connectivity index (χ4v) is 6.06. The summed E-state index contributed by atoms with van der Waals surface area (Å²) >= 11 is 0. The summed E-state index contributed by atoms with van der Waals surface area (Å²) < 4.78 is 0. The molecule has 2 atom stereocenters. The summed E-state index contributed by atoms with van der Waals surface area (Å²) in [5.41, 5.74) is -1.53. The van der Waals surface area contributed by atoms with E-state index in [0.29, 0.717) is 0 Å². The Balaban J connectivity index is 2.21. The molecule has 2 unspecified atom stereocenters. The van der Waals surface area contributed by atoms with Crippen molar-refractivity contribution in [2.45, 2.75) is 12.6 Å². The van der Waals surface area contributed by atoms with Gasteiger partial charge in [-0.1, -0.05) is 78.9 Å². The van der Waals surface area contributed by atoms with E-state index in [0.717, 1.165) is 10.6 Å². The second-order valence-electron chi connectivity index (χ2n) is 6.33. The molecule has 0 fully saturated rings. The molecule has 132 valence electrons. The van der Waals surface area contributed by atoms with Crippen molar-refractivity contribution in [3.63, 3.8) is 0 Å². The molecule has 0 heterocycles. The van der Waals surface area contributed by atoms with Gasteiger partial charge in [0.05, 0.1) is 11.0 Å². The second-order valence-corrected chi connectivity index (χ2v) is 8.66. The van der Waals surface area contributed by atoms with Crippen LogP contribution in [0.15, 0.2) is 84.5 Å². The van der Waals surface area contributed by atoms with Crippen molar-refractivity contribution in [1.29, 1.82) is 0 Å². The molecule has 4 nitrogen and oxygen atoms in total. The van der Waals surface area contributed by atoms with Crippen molar-refractivity contribution in [1.82, 2.24) is 0 Å². The molecule has 5 heteroatoms. The zero-order valence-corrected chi connectivity index (χ0v) is 15.1. The predicted octanol–water partition coefficient (Wildman–Crippen LogP) is 3.16. The molecule has 1 aliphatic rings. The highest BCUT2D eigenvalue weighted by Crippen LogP contribution is 2.51. The van der Waals surface area contributed by atoms with Crippen LogP contribution in [0.25, 0.3) is 0 Å². The molecule has 2 aromatic carbocycles. The van der Waals surface area contributed by atoms with Gasteiger partial charge < -0.3 is 10.2 Å². The van der Waals surface area contributed by atoms with Gasteiger partial charge in [0, 0.05) is 5.66 Å². The topological polar surface area (TPSA) is 74.6 Å². The van der Waals surface area contributed by atoms with E-state index in [9.17, 15) is 19.8 Å². The van der Waals surface area contributed by atoms with E-state index >= 15 is 0 Å². The molecule has 3 rings (SSSR count). The third-order valence-electron chi connectivity index (χ3n) is 4.62. The van der Waals surface area contributed by atoms with Gasteiger partial charge in [-0.3, -0.25) is 4.79 Å². The normalized spacial score (nSPS) is 22.1. The highest BCUT2D eigenvalue weighted by Gasteiger charge is 2.45. The smallest absolute Gasteiger partial charge is 0.335 e. The monoisotopic (exact) mass is 366 g/mol. The number of benzene rings is 2. The molecule has 2 N–H and O–H groups in total. The molecule has 0 spiro atoms. The van der Waals surface area contributed by atoms with E-state index in [1.165, 1.54) is 12.2 Å². The Labute approximate surface area is 153 Å². The Kier molecular flexibility index (Phi) is 5.06. The average Bonchev–Trinajstić information content (AvgIpc) is 2.65. The maximum atomic E-state index is 12.1. The summed E-state index contributed by atoms with van der Waals surface area (Å²) in [6.45, 7) is 1.66. The highest BCUT2D eigenvalue weighted by molar-refractivity contribution is 7.73. The van der Waals surface area contributed by atoms with Gasteiger partial charge in [-0.2, -0.15) is 0 Å². The molecule has 26 heavy (non-hydrogen) atoms. The minimum Gasteiger partial charge on any atom is -0.481 e. The maximum absolute atomic E-state index is 12.1. The number of carboxylic acids is 2. The Morgan fingerprint density at radius 2 is 1.42 bits per heavy atom. The van der Waals surface area contributed by atoms with Crippen LogP contribution in [-0.4, -0.2) is 27.8 Å². The fraction of sp³-hybridized carbons (Fsp3) is 0.143. The third kappa shape index (κ3) is 3.33. The van der Waals surface area contributed by atoms with E-state index in [2.05, 4.69) is 0 Å². The van der Waals surface area contributed by atoms with Gasteiger partial charge in [0.1, 0.15) is 0 Å². The molecule has 2 aromatic rings. The van der Waals surface area contributed by atoms with Gasteiger partial charge >= 0.3 is 11.9 Å². The van der Waals surface area contributed by atoms with Crippen LogP contribution in [0.3, 0.4) is 0 Å². The van der Waals surface area contributed by atoms with Gasteiger partial charge in [0.2, 0.25) is 0 Å². The number of carboxylic acid groups (broad SMARTS) is 2. The van der Waals surface area contributed by atoms with E-state index < -0.39 is 30.9 Å². The summed E-state index contributed by atoms with van der Waals surface area (Å²) in [4.78, 5) is 23.6. The zero-order valence-electron chi connectivity index (χ0n) is 14.2. The van der Waals surface area contributed by atoms with E-state index in [1.54, 1.807) is 13.0 Å². The fourth-order valence-electron chi connectivity index (χ4n) is 3.09. The number of hydrogen-bond acceptors (Lipinski definition) is 2. The molecule has 0 amide bonds. The largest absolute Gasteiger partial charge is 0.481 e. The highest BCUT2D eigenvalue weighted by atomic mass is 31.1. The standard InChI is InChI=1S/C21H19O4P/c1-21(20(24)25)13-12-15(19(22)23)14-18(21)26(16-8-4-2-5-9-16)17-10-6-3-7-11-17/h2-14,18H,1H3,(H,22,23)(H,24,25). The van der Waals surface area contributed by atoms with E-state index in [1.807, 2.05) is 60.7 Å². The minimum absolute atomic E-state index is 0.132. The SMILES string of the molecule is CC1(C(=O)O)C=CC(C(=O)O)=CC1P(c1ccccc1)c1ccccc1. The number of rotatable bonds is 5. The summed E-state index contributed by atoms with van der Waals surface area (Å²) in [6, 6.07) is 19.4. The molecule has 0 saturated carbocycles. The van der Waals surface area contributed by atoms with Crippen molar-refractivity contribution >= 4 is 30.5 Å². The summed E-state index contributed by atoms with van der Waals surface area (Å²) in [7, 11) is -1.11. The van der Waals surface area contributed by atoms with Crippen LogP contribution in [0, 0.1) is 5.41 Å². The molecule has 0 aromatic heterocycles. The van der Waals surface area contributed by atoms with Crippen LogP contribution in [0.1, 0.15) is 6.92 Å². The Hall–Kier alpha value is -2.71. The lowest BCUT2D eigenvalue weighted by Gasteiger charge is -2.38. The lowest BCUT2D eigenvalue weighted by Crippen LogP contribution is -2.41. The first-order valence-corrected chi connectivity index (χ1v) is 9.61. The molecule has 0 saturated heterocycles. The molecule has 0 bridgehead atoms. The summed E-state index contributed by atoms with van der Waals surface area (Å²) in [6.07, 6.45) is 4.53. The first-order chi connectivity index (χ1) is 12.4. The predicted molar refractivity (Wildman–Crippen MR) is 103 cm³/mol. The van der Waals surface area contributed by atoms with Crippen molar-refractivity contribution in [3.8, 4) is 0 Å². The first kappa shape index (κ1) is 18.1. The van der Waals surface area contributed by atoms with E-state index in [4.69, 9.17) is 0 Å². The molecule has 0 radical (unpaired) electrons. The van der Waals surface area contributed by atoms with Crippen LogP contribution in [-0.2, 0) is 9.59 Å². The zero-order chi connectivity index (χ0) is 18.7. The quantitative estimate of drug-likeness (QED) is 0.797. The first-order valence-electron chi connectivity index (χ1n) is 8.20. The molecule has 1 aliphatic carbocycles. The second kappa shape index (κ2) is 7.27. The molecular formula is C21H19O4P. The number of aliphatic carboxylic acids is 2. The Bertz CT molecular complexity index is 834. The lowest BCUT2D eigenvalue weighted by molar-refractivity contribution is -0.145. The van der Waals surface area contributed by atoms with Crippen LogP contribution in [0.4, 0.5) is 0 Å². The van der Waals surface area contributed by atoms with Crippen molar-refractivity contribution in [3.05, 3.63) is 84.5 Å². The molecular weight excluding hydrogens is 347 g/mol. The molecule has 0 aliphatic heterocycles. The van der Waals surface area contributed by atoms with Crippen LogP contribution < -0.4 is 10.6 Å². The van der Waals surface area contributed by atoms with Crippen molar-refractivity contribution in [2.24, 2.45) is 5.41 Å². The van der Waals surface area contributed by atoms with Crippen LogP contribution in [0.2, 0.25) is 0 Å².